The molecule has 4 aromatic rings. The zero-order chi connectivity index (χ0) is 22.7. The third kappa shape index (κ3) is 4.55. The average molecular weight is 487 g/mol. The minimum Gasteiger partial charge on any atom is -0.468 e. The number of thiazole rings is 1. The van der Waals surface area contributed by atoms with Crippen LogP contribution in [-0.4, -0.2) is 23.6 Å². The molecule has 32 heavy (non-hydrogen) atoms. The lowest BCUT2D eigenvalue weighted by molar-refractivity contribution is -0.141. The van der Waals surface area contributed by atoms with Crippen molar-refractivity contribution in [3.63, 3.8) is 0 Å². The zero-order valence-electron chi connectivity index (χ0n) is 16.7. The number of esters is 1. The van der Waals surface area contributed by atoms with Gasteiger partial charge in [-0.05, 0) is 36.4 Å². The molecule has 0 saturated carbocycles. The van der Waals surface area contributed by atoms with Crippen molar-refractivity contribution in [1.29, 1.82) is 0 Å². The van der Waals surface area contributed by atoms with E-state index in [1.807, 2.05) is 18.2 Å². The number of rotatable bonds is 5. The van der Waals surface area contributed by atoms with Gasteiger partial charge in [-0.25, -0.2) is 0 Å². The van der Waals surface area contributed by atoms with Crippen molar-refractivity contribution in [3.8, 4) is 11.5 Å². The summed E-state index contributed by atoms with van der Waals surface area (Å²) in [5.41, 5.74) is 0.789. The predicted octanol–water partition coefficient (Wildman–Crippen LogP) is 5.72. The summed E-state index contributed by atoms with van der Waals surface area (Å²) >= 11 is 13.8. The van der Waals surface area contributed by atoms with Crippen LogP contribution in [0.4, 0.5) is 0 Å². The van der Waals surface area contributed by atoms with E-state index in [0.717, 1.165) is 4.70 Å². The van der Waals surface area contributed by atoms with Gasteiger partial charge in [-0.1, -0.05) is 64.9 Å². The molecule has 0 radical (unpaired) electrons. The quantitative estimate of drug-likeness (QED) is 0.338. The number of halogens is 2. The third-order valence-corrected chi connectivity index (χ3v) is 6.37. The molecule has 1 aromatic heterocycles. The Labute approximate surface area is 197 Å². The molecular weight excluding hydrogens is 471 g/mol. The molecule has 0 spiro atoms. The van der Waals surface area contributed by atoms with Gasteiger partial charge in [-0.2, -0.15) is 4.99 Å². The van der Waals surface area contributed by atoms with Crippen molar-refractivity contribution in [3.05, 3.63) is 87.1 Å². The van der Waals surface area contributed by atoms with Gasteiger partial charge in [0.2, 0.25) is 0 Å². The standard InChI is InChI=1S/C23H16Cl2N2O4S/c1-30-19(28)13-27-21-18(12-11-16(24)20(21)25)32-23(27)26-22(29)15-9-5-6-10-17(15)31-14-7-3-2-4-8-14/h2-12H,13H2,1H3. The number of amides is 1. The minimum absolute atomic E-state index is 0.176. The summed E-state index contributed by atoms with van der Waals surface area (Å²) in [6, 6.07) is 19.4. The molecule has 1 amide bonds. The normalized spacial score (nSPS) is 11.5. The van der Waals surface area contributed by atoms with Crippen molar-refractivity contribution in [1.82, 2.24) is 4.57 Å². The fraction of sp³-hybridized carbons (Fsp3) is 0.0870. The number of hydrogen-bond acceptors (Lipinski definition) is 5. The smallest absolute Gasteiger partial charge is 0.325 e. The van der Waals surface area contributed by atoms with Gasteiger partial charge in [-0.15, -0.1) is 0 Å². The lowest BCUT2D eigenvalue weighted by atomic mass is 10.2. The highest BCUT2D eigenvalue weighted by atomic mass is 35.5. The van der Waals surface area contributed by atoms with Crippen molar-refractivity contribution >= 4 is 56.6 Å². The van der Waals surface area contributed by atoms with Gasteiger partial charge in [0.25, 0.3) is 5.91 Å². The molecule has 0 saturated heterocycles. The van der Waals surface area contributed by atoms with E-state index < -0.39 is 11.9 Å². The number of para-hydroxylation sites is 2. The van der Waals surface area contributed by atoms with E-state index in [2.05, 4.69) is 4.99 Å². The first-order valence-corrected chi connectivity index (χ1v) is 11.0. The fourth-order valence-corrected chi connectivity index (χ4v) is 4.54. The lowest BCUT2D eigenvalue weighted by Crippen LogP contribution is -2.22. The molecule has 0 N–H and O–H groups in total. The number of methoxy groups -OCH3 is 1. The summed E-state index contributed by atoms with van der Waals surface area (Å²) in [5.74, 6) is -0.0719. The molecule has 0 aliphatic carbocycles. The summed E-state index contributed by atoms with van der Waals surface area (Å²) in [6.45, 7) is -0.176. The van der Waals surface area contributed by atoms with Gasteiger partial charge < -0.3 is 14.0 Å². The second kappa shape index (κ2) is 9.56. The molecule has 4 rings (SSSR count). The average Bonchev–Trinajstić information content (AvgIpc) is 3.14. The van der Waals surface area contributed by atoms with E-state index >= 15 is 0 Å². The summed E-state index contributed by atoms with van der Waals surface area (Å²) in [7, 11) is 1.28. The maximum Gasteiger partial charge on any atom is 0.325 e. The van der Waals surface area contributed by atoms with Crippen LogP contribution in [0.5, 0.6) is 11.5 Å². The number of aromatic nitrogens is 1. The second-order valence-corrected chi connectivity index (χ2v) is 8.38. The number of fused-ring (bicyclic) bond motifs is 1. The van der Waals surface area contributed by atoms with E-state index in [9.17, 15) is 9.59 Å². The summed E-state index contributed by atoms with van der Waals surface area (Å²) in [4.78, 5) is 29.7. The van der Waals surface area contributed by atoms with E-state index in [-0.39, 0.29) is 21.9 Å². The molecule has 0 fully saturated rings. The molecule has 0 aliphatic heterocycles. The maximum absolute atomic E-state index is 13.1. The molecule has 0 unspecified atom stereocenters. The monoisotopic (exact) mass is 486 g/mol. The van der Waals surface area contributed by atoms with Crippen molar-refractivity contribution < 1.29 is 19.1 Å². The molecule has 1 heterocycles. The lowest BCUT2D eigenvalue weighted by Gasteiger charge is -2.09. The van der Waals surface area contributed by atoms with Crippen LogP contribution in [0.3, 0.4) is 0 Å². The number of benzene rings is 3. The van der Waals surface area contributed by atoms with Crippen molar-refractivity contribution in [2.45, 2.75) is 6.54 Å². The number of ether oxygens (including phenoxy) is 2. The molecule has 0 bridgehead atoms. The largest absolute Gasteiger partial charge is 0.468 e. The van der Waals surface area contributed by atoms with Crippen molar-refractivity contribution in [2.24, 2.45) is 4.99 Å². The first-order valence-electron chi connectivity index (χ1n) is 9.43. The Morgan fingerprint density at radius 1 is 1.00 bits per heavy atom. The van der Waals surface area contributed by atoms with Crippen LogP contribution >= 0.6 is 34.5 Å². The highest BCUT2D eigenvalue weighted by molar-refractivity contribution is 7.16. The molecule has 162 valence electrons. The minimum atomic E-state index is -0.524. The Kier molecular flexibility index (Phi) is 6.60. The van der Waals surface area contributed by atoms with E-state index in [1.54, 1.807) is 48.5 Å². The van der Waals surface area contributed by atoms with Crippen LogP contribution in [0, 0.1) is 0 Å². The van der Waals surface area contributed by atoms with Crippen LogP contribution in [-0.2, 0) is 16.1 Å². The number of carbonyl (C=O) groups excluding carboxylic acids is 2. The van der Waals surface area contributed by atoms with Gasteiger partial charge >= 0.3 is 5.97 Å². The molecule has 0 aliphatic rings. The van der Waals surface area contributed by atoms with Crippen LogP contribution in [0.25, 0.3) is 10.2 Å². The highest BCUT2D eigenvalue weighted by Crippen LogP contribution is 2.32. The fourth-order valence-electron chi connectivity index (χ4n) is 3.02. The highest BCUT2D eigenvalue weighted by Gasteiger charge is 2.18. The van der Waals surface area contributed by atoms with Crippen molar-refractivity contribution in [2.75, 3.05) is 7.11 Å². The SMILES string of the molecule is COC(=O)Cn1c(=NC(=O)c2ccccc2Oc2ccccc2)sc2ccc(Cl)c(Cl)c21. The Hall–Kier alpha value is -3.13. The van der Waals surface area contributed by atoms with Crippen LogP contribution in [0.1, 0.15) is 10.4 Å². The third-order valence-electron chi connectivity index (χ3n) is 4.53. The van der Waals surface area contributed by atoms with E-state index in [4.69, 9.17) is 32.7 Å². The van der Waals surface area contributed by atoms with Gasteiger partial charge in [0, 0.05) is 0 Å². The molecular formula is C23H16Cl2N2O4S. The van der Waals surface area contributed by atoms with Gasteiger partial charge in [-0.3, -0.25) is 9.59 Å². The molecule has 3 aromatic carbocycles. The van der Waals surface area contributed by atoms with E-state index in [1.165, 1.54) is 23.0 Å². The Morgan fingerprint density at radius 2 is 1.72 bits per heavy atom. The summed E-state index contributed by atoms with van der Waals surface area (Å²) < 4.78 is 12.9. The first kappa shape index (κ1) is 22.1. The number of hydrogen-bond donors (Lipinski definition) is 0. The summed E-state index contributed by atoms with van der Waals surface area (Å²) in [6.07, 6.45) is 0. The molecule has 9 heteroatoms. The van der Waals surface area contributed by atoms with Gasteiger partial charge in [0.15, 0.2) is 4.80 Å². The number of nitrogens with zero attached hydrogens (tertiary/aromatic N) is 2. The van der Waals surface area contributed by atoms with Crippen LogP contribution < -0.4 is 9.54 Å². The van der Waals surface area contributed by atoms with Gasteiger partial charge in [0.05, 0.1) is 32.9 Å². The Bertz CT molecular complexity index is 1380. The van der Waals surface area contributed by atoms with Gasteiger partial charge in [0.1, 0.15) is 18.0 Å². The van der Waals surface area contributed by atoms with Crippen LogP contribution in [0.15, 0.2) is 71.7 Å². The Morgan fingerprint density at radius 3 is 2.47 bits per heavy atom. The Balaban J connectivity index is 1.82. The maximum atomic E-state index is 13.1. The topological polar surface area (TPSA) is 69.9 Å². The first-order chi connectivity index (χ1) is 15.5. The summed E-state index contributed by atoms with van der Waals surface area (Å²) in [5, 5.41) is 0.598. The van der Waals surface area contributed by atoms with Crippen LogP contribution in [0.2, 0.25) is 10.0 Å². The zero-order valence-corrected chi connectivity index (χ0v) is 19.1. The molecule has 0 atom stereocenters. The predicted molar refractivity (Wildman–Crippen MR) is 125 cm³/mol. The second-order valence-electron chi connectivity index (χ2n) is 6.58. The number of carbonyl (C=O) groups is 2. The molecule has 6 nitrogen and oxygen atoms in total. The van der Waals surface area contributed by atoms with E-state index in [0.29, 0.717) is 22.0 Å².